The van der Waals surface area contributed by atoms with Gasteiger partial charge in [0, 0.05) is 5.69 Å². The van der Waals surface area contributed by atoms with Gasteiger partial charge in [0.1, 0.15) is 5.75 Å². The van der Waals surface area contributed by atoms with Crippen LogP contribution in [-0.4, -0.2) is 26.7 Å². The van der Waals surface area contributed by atoms with E-state index in [9.17, 15) is 18.0 Å². The Kier molecular flexibility index (Phi) is 5.43. The molecule has 3 N–H and O–H groups in total. The molecule has 7 nitrogen and oxygen atoms in total. The number of fused-ring (bicyclic) bond motifs is 1. The van der Waals surface area contributed by atoms with Crippen LogP contribution < -0.4 is 15.2 Å². The number of carbonyl (C=O) groups excluding carboxylic acids is 2. The number of hydrogen-bond acceptors (Lipinski definition) is 5. The number of anilines is 1. The summed E-state index contributed by atoms with van der Waals surface area (Å²) in [7, 11) is -3.80. The number of nitrogens with two attached hydrogens (primary N) is 1. The zero-order valence-electron chi connectivity index (χ0n) is 15.0. The number of hydrogen-bond donors (Lipinski definition) is 2. The second-order valence-corrected chi connectivity index (χ2v) is 7.70. The lowest BCUT2D eigenvalue weighted by Gasteiger charge is -2.17. The third kappa shape index (κ3) is 4.19. The summed E-state index contributed by atoms with van der Waals surface area (Å²) in [6.45, 7) is 1.55. The van der Waals surface area contributed by atoms with Gasteiger partial charge in [-0.25, -0.2) is 13.6 Å². The summed E-state index contributed by atoms with van der Waals surface area (Å²) in [5, 5.41) is 9.30. The summed E-state index contributed by atoms with van der Waals surface area (Å²) in [6.07, 6.45) is -0.188. The fourth-order valence-corrected chi connectivity index (χ4v) is 3.23. The van der Waals surface area contributed by atoms with Crippen molar-refractivity contribution in [3.63, 3.8) is 0 Å². The van der Waals surface area contributed by atoms with E-state index in [1.165, 1.54) is 24.3 Å². The number of nitrogens with one attached hydrogen (secondary N) is 1. The predicted molar refractivity (Wildman–Crippen MR) is 106 cm³/mol. The lowest BCUT2D eigenvalue weighted by atomic mass is 10.0. The molecule has 8 heteroatoms. The Morgan fingerprint density at radius 1 is 1.07 bits per heavy atom. The molecule has 0 aliphatic rings. The summed E-state index contributed by atoms with van der Waals surface area (Å²) in [6, 6.07) is 16.3. The van der Waals surface area contributed by atoms with Gasteiger partial charge in [0.05, 0.1) is 10.5 Å². The summed E-state index contributed by atoms with van der Waals surface area (Å²) in [4.78, 5) is 23.9. The molecule has 0 saturated heterocycles. The number of aldehydes is 1. The number of rotatable bonds is 6. The quantitative estimate of drug-likeness (QED) is 0.620. The predicted octanol–water partition coefficient (Wildman–Crippen LogP) is 2.71. The average molecular weight is 398 g/mol. The lowest BCUT2D eigenvalue weighted by molar-refractivity contribution is -0.122. The first-order valence-corrected chi connectivity index (χ1v) is 9.91. The summed E-state index contributed by atoms with van der Waals surface area (Å²) in [5.74, 6) is -0.144. The minimum absolute atomic E-state index is 0.0541. The number of ether oxygens (including phenoxy) is 1. The fraction of sp³-hybridized carbons (Fsp3) is 0.100. The van der Waals surface area contributed by atoms with Gasteiger partial charge >= 0.3 is 0 Å². The van der Waals surface area contributed by atoms with Crippen molar-refractivity contribution in [1.82, 2.24) is 0 Å². The van der Waals surface area contributed by atoms with Gasteiger partial charge in [-0.2, -0.15) is 0 Å². The topological polar surface area (TPSA) is 116 Å². The van der Waals surface area contributed by atoms with Gasteiger partial charge in [0.2, 0.25) is 10.0 Å². The van der Waals surface area contributed by atoms with E-state index in [0.717, 1.165) is 10.8 Å². The highest BCUT2D eigenvalue weighted by molar-refractivity contribution is 7.89. The van der Waals surface area contributed by atoms with E-state index in [1.54, 1.807) is 13.0 Å². The van der Waals surface area contributed by atoms with Crippen LogP contribution in [0.5, 0.6) is 5.75 Å². The molecule has 3 aromatic rings. The van der Waals surface area contributed by atoms with Crippen LogP contribution in [0.1, 0.15) is 17.3 Å². The Labute approximate surface area is 162 Å². The van der Waals surface area contributed by atoms with Crippen molar-refractivity contribution in [3.8, 4) is 5.75 Å². The highest BCUT2D eigenvalue weighted by Crippen LogP contribution is 2.27. The summed E-state index contributed by atoms with van der Waals surface area (Å²) < 4.78 is 28.2. The molecule has 0 heterocycles. The zero-order chi connectivity index (χ0) is 20.3. The first kappa shape index (κ1) is 19.5. The van der Waals surface area contributed by atoms with E-state index in [0.29, 0.717) is 23.3 Å². The maximum absolute atomic E-state index is 12.4. The zero-order valence-corrected chi connectivity index (χ0v) is 15.8. The van der Waals surface area contributed by atoms with Crippen molar-refractivity contribution in [2.75, 3.05) is 5.32 Å². The Hall–Kier alpha value is -3.23. The third-order valence-electron chi connectivity index (χ3n) is 4.17. The lowest BCUT2D eigenvalue weighted by Crippen LogP contribution is -2.30. The number of carbonyl (C=O) groups is 2. The monoisotopic (exact) mass is 398 g/mol. The number of benzene rings is 3. The Bertz CT molecular complexity index is 1140. The number of amides is 1. The molecule has 1 atom stereocenters. The smallest absolute Gasteiger partial charge is 0.265 e. The molecule has 0 saturated carbocycles. The standard InChI is InChI=1S/C20H18N2O5S/c1-13(20(24)22-15-7-9-16(10-8-15)28(21,25)26)27-19-11-6-14-4-2-3-5-17(14)18(19)12-23/h2-13H,1H3,(H,22,24)(H2,21,25,26)/t13-/m1/s1. The molecule has 3 aromatic carbocycles. The van der Waals surface area contributed by atoms with Gasteiger partial charge in [-0.1, -0.05) is 30.3 Å². The summed E-state index contributed by atoms with van der Waals surface area (Å²) >= 11 is 0. The SMILES string of the molecule is C[C@@H](Oc1ccc2ccccc2c1C=O)C(=O)Nc1ccc(S(N)(=O)=O)cc1. The van der Waals surface area contributed by atoms with Crippen molar-refractivity contribution in [1.29, 1.82) is 0 Å². The number of sulfonamides is 1. The molecule has 3 rings (SSSR count). The minimum Gasteiger partial charge on any atom is -0.480 e. The molecule has 28 heavy (non-hydrogen) atoms. The summed E-state index contributed by atoms with van der Waals surface area (Å²) in [5.41, 5.74) is 0.761. The maximum Gasteiger partial charge on any atom is 0.265 e. The normalized spacial score (nSPS) is 12.4. The molecular weight excluding hydrogens is 380 g/mol. The maximum atomic E-state index is 12.4. The Balaban J connectivity index is 1.76. The van der Waals surface area contributed by atoms with E-state index < -0.39 is 22.0 Å². The second-order valence-electron chi connectivity index (χ2n) is 6.14. The molecule has 0 radical (unpaired) electrons. The van der Waals surface area contributed by atoms with E-state index >= 15 is 0 Å². The highest BCUT2D eigenvalue weighted by Gasteiger charge is 2.18. The Morgan fingerprint density at radius 3 is 2.39 bits per heavy atom. The molecule has 0 unspecified atom stereocenters. The molecule has 144 valence electrons. The van der Waals surface area contributed by atoms with Crippen molar-refractivity contribution in [3.05, 3.63) is 66.2 Å². The van der Waals surface area contributed by atoms with Gasteiger partial charge < -0.3 is 10.1 Å². The van der Waals surface area contributed by atoms with Crippen LogP contribution in [0.3, 0.4) is 0 Å². The highest BCUT2D eigenvalue weighted by atomic mass is 32.2. The molecule has 0 bridgehead atoms. The molecule has 0 spiro atoms. The van der Waals surface area contributed by atoms with Crippen molar-refractivity contribution < 1.29 is 22.7 Å². The van der Waals surface area contributed by atoms with Crippen LogP contribution >= 0.6 is 0 Å². The number of primary sulfonamides is 1. The largest absolute Gasteiger partial charge is 0.480 e. The van der Waals surface area contributed by atoms with Gasteiger partial charge in [0.25, 0.3) is 5.91 Å². The van der Waals surface area contributed by atoms with E-state index in [1.807, 2.05) is 30.3 Å². The van der Waals surface area contributed by atoms with Crippen LogP contribution in [0, 0.1) is 0 Å². The molecular formula is C20H18N2O5S. The van der Waals surface area contributed by atoms with Gasteiger partial charge in [0.15, 0.2) is 12.4 Å². The third-order valence-corrected chi connectivity index (χ3v) is 5.10. The minimum atomic E-state index is -3.80. The molecule has 0 aliphatic heterocycles. The molecule has 0 fully saturated rings. The first-order chi connectivity index (χ1) is 13.3. The fourth-order valence-electron chi connectivity index (χ4n) is 2.72. The van der Waals surface area contributed by atoms with Crippen LogP contribution in [-0.2, 0) is 14.8 Å². The van der Waals surface area contributed by atoms with Gasteiger partial charge in [-0.15, -0.1) is 0 Å². The van der Waals surface area contributed by atoms with Crippen LogP contribution in [0.4, 0.5) is 5.69 Å². The van der Waals surface area contributed by atoms with Crippen LogP contribution in [0.15, 0.2) is 65.6 Å². The van der Waals surface area contributed by atoms with Crippen LogP contribution in [0.25, 0.3) is 10.8 Å². The molecule has 0 aliphatic carbocycles. The van der Waals surface area contributed by atoms with Crippen molar-refractivity contribution in [2.24, 2.45) is 5.14 Å². The van der Waals surface area contributed by atoms with E-state index in [4.69, 9.17) is 9.88 Å². The first-order valence-electron chi connectivity index (χ1n) is 8.37. The van der Waals surface area contributed by atoms with Gasteiger partial charge in [-0.3, -0.25) is 9.59 Å². The van der Waals surface area contributed by atoms with Crippen LogP contribution in [0.2, 0.25) is 0 Å². The van der Waals surface area contributed by atoms with Crippen molar-refractivity contribution in [2.45, 2.75) is 17.9 Å². The van der Waals surface area contributed by atoms with E-state index in [2.05, 4.69) is 5.32 Å². The average Bonchev–Trinajstić information content (AvgIpc) is 2.67. The van der Waals surface area contributed by atoms with Crippen molar-refractivity contribution >= 4 is 38.7 Å². The molecule has 0 aromatic heterocycles. The Morgan fingerprint density at radius 2 is 1.75 bits per heavy atom. The molecule has 1 amide bonds. The van der Waals surface area contributed by atoms with E-state index in [-0.39, 0.29) is 4.90 Å². The second kappa shape index (κ2) is 7.79. The van der Waals surface area contributed by atoms with Gasteiger partial charge in [-0.05, 0) is 48.0 Å².